The Labute approximate surface area is 92.0 Å². The average molecular weight is 202 g/mol. The van der Waals surface area contributed by atoms with Crippen molar-refractivity contribution in [2.24, 2.45) is 4.99 Å². The monoisotopic (exact) mass is 202 g/mol. The zero-order valence-corrected chi connectivity index (χ0v) is 9.70. The van der Waals surface area contributed by atoms with Gasteiger partial charge in [-0.1, -0.05) is 36.4 Å². The van der Waals surface area contributed by atoms with Gasteiger partial charge in [0.1, 0.15) is 5.84 Å². The molecule has 1 aromatic rings. The molecule has 0 bridgehead atoms. The fourth-order valence-electron chi connectivity index (χ4n) is 1.31. The molecule has 0 radical (unpaired) electrons. The molecule has 0 aliphatic carbocycles. The lowest BCUT2D eigenvalue weighted by atomic mass is 10.1. The lowest BCUT2D eigenvalue weighted by Crippen LogP contribution is -2.23. The molecule has 0 aromatic heterocycles. The van der Waals surface area contributed by atoms with Crippen molar-refractivity contribution in [2.75, 3.05) is 7.05 Å². The first kappa shape index (κ1) is 11.5. The van der Waals surface area contributed by atoms with Crippen molar-refractivity contribution in [3.63, 3.8) is 0 Å². The van der Waals surface area contributed by atoms with E-state index in [0.29, 0.717) is 0 Å². The average Bonchev–Trinajstić information content (AvgIpc) is 2.22. The van der Waals surface area contributed by atoms with Crippen LogP contribution in [0.5, 0.6) is 0 Å². The number of nitrogens with zero attached hydrogens (tertiary/aromatic N) is 2. The maximum absolute atomic E-state index is 4.14. The van der Waals surface area contributed by atoms with Gasteiger partial charge in [-0.15, -0.1) is 0 Å². The van der Waals surface area contributed by atoms with Crippen LogP contribution in [-0.4, -0.2) is 17.8 Å². The number of aryl methyl sites for hydroxylation is 1. The summed E-state index contributed by atoms with van der Waals surface area (Å²) in [5, 5.41) is 0. The molecule has 0 atom stereocenters. The Morgan fingerprint density at radius 3 is 2.53 bits per heavy atom. The minimum atomic E-state index is 0.878. The number of amidine groups is 1. The third kappa shape index (κ3) is 3.58. The lowest BCUT2D eigenvalue weighted by Gasteiger charge is -2.18. The molecule has 0 N–H and O–H groups in total. The van der Waals surface area contributed by atoms with Gasteiger partial charge < -0.3 is 4.90 Å². The van der Waals surface area contributed by atoms with Gasteiger partial charge in [-0.3, -0.25) is 0 Å². The standard InChI is InChI=1S/C13H18N2/c1-5-14-12(3)15(4)10-13-8-6-11(2)7-9-13/h5-9H,1,10H2,2-4H3. The summed E-state index contributed by atoms with van der Waals surface area (Å²) in [6.45, 7) is 8.54. The number of hydrogen-bond acceptors (Lipinski definition) is 1. The van der Waals surface area contributed by atoms with E-state index in [1.807, 2.05) is 14.0 Å². The van der Waals surface area contributed by atoms with Crippen LogP contribution < -0.4 is 0 Å². The van der Waals surface area contributed by atoms with E-state index >= 15 is 0 Å². The molecule has 1 aromatic carbocycles. The van der Waals surface area contributed by atoms with E-state index in [9.17, 15) is 0 Å². The molecule has 0 saturated heterocycles. The fourth-order valence-corrected chi connectivity index (χ4v) is 1.31. The van der Waals surface area contributed by atoms with E-state index < -0.39 is 0 Å². The van der Waals surface area contributed by atoms with Crippen molar-refractivity contribution in [2.45, 2.75) is 20.4 Å². The summed E-state index contributed by atoms with van der Waals surface area (Å²) in [6.07, 6.45) is 1.57. The van der Waals surface area contributed by atoms with Crippen LogP contribution in [0.1, 0.15) is 18.1 Å². The molecule has 80 valence electrons. The molecular weight excluding hydrogens is 184 g/mol. The maximum atomic E-state index is 4.14. The highest BCUT2D eigenvalue weighted by molar-refractivity contribution is 5.79. The molecule has 0 aliphatic rings. The predicted octanol–water partition coefficient (Wildman–Crippen LogP) is 2.99. The molecule has 2 heteroatoms. The molecule has 0 saturated carbocycles. The second-order valence-electron chi connectivity index (χ2n) is 3.70. The lowest BCUT2D eigenvalue weighted by molar-refractivity contribution is 0.497. The molecular formula is C13H18N2. The quantitative estimate of drug-likeness (QED) is 0.543. The zero-order valence-electron chi connectivity index (χ0n) is 9.70. The molecule has 0 spiro atoms. The predicted molar refractivity (Wildman–Crippen MR) is 66.0 cm³/mol. The second-order valence-corrected chi connectivity index (χ2v) is 3.70. The fraction of sp³-hybridized carbons (Fsp3) is 0.308. The van der Waals surface area contributed by atoms with Gasteiger partial charge in [0.15, 0.2) is 0 Å². The van der Waals surface area contributed by atoms with Gasteiger partial charge in [0.25, 0.3) is 0 Å². The molecule has 15 heavy (non-hydrogen) atoms. The minimum Gasteiger partial charge on any atom is -0.359 e. The minimum absolute atomic E-state index is 0.878. The van der Waals surface area contributed by atoms with E-state index in [1.54, 1.807) is 6.20 Å². The van der Waals surface area contributed by atoms with Crippen LogP contribution in [-0.2, 0) is 6.54 Å². The van der Waals surface area contributed by atoms with Crippen LogP contribution in [0.25, 0.3) is 0 Å². The van der Waals surface area contributed by atoms with Crippen molar-refractivity contribution in [1.29, 1.82) is 0 Å². The molecule has 2 nitrogen and oxygen atoms in total. The Bertz CT molecular complexity index is 349. The Hall–Kier alpha value is -1.57. The zero-order chi connectivity index (χ0) is 11.3. The number of benzene rings is 1. The van der Waals surface area contributed by atoms with Gasteiger partial charge in [-0.2, -0.15) is 0 Å². The normalized spacial score (nSPS) is 11.3. The maximum Gasteiger partial charge on any atom is 0.101 e. The van der Waals surface area contributed by atoms with Crippen LogP contribution >= 0.6 is 0 Å². The molecule has 0 fully saturated rings. The van der Waals surface area contributed by atoms with Gasteiger partial charge in [-0.25, -0.2) is 4.99 Å². The van der Waals surface area contributed by atoms with Crippen LogP contribution in [0.3, 0.4) is 0 Å². The van der Waals surface area contributed by atoms with Crippen LogP contribution in [0.15, 0.2) is 42.0 Å². The van der Waals surface area contributed by atoms with Crippen molar-refractivity contribution >= 4 is 5.84 Å². The highest BCUT2D eigenvalue weighted by Crippen LogP contribution is 2.06. The number of aliphatic imine (C=N–C) groups is 1. The summed E-state index contributed by atoms with van der Waals surface area (Å²) >= 11 is 0. The van der Waals surface area contributed by atoms with Crippen molar-refractivity contribution in [1.82, 2.24) is 4.90 Å². The SMILES string of the molecule is C=CN=C(C)N(C)Cc1ccc(C)cc1. The summed E-state index contributed by atoms with van der Waals surface area (Å²) in [6, 6.07) is 8.55. The summed E-state index contributed by atoms with van der Waals surface area (Å²) in [5.41, 5.74) is 2.58. The third-order valence-electron chi connectivity index (χ3n) is 2.37. The Balaban J connectivity index is 2.66. The molecule has 1 rings (SSSR count). The first-order chi connectivity index (χ1) is 7.13. The van der Waals surface area contributed by atoms with Crippen molar-refractivity contribution in [3.8, 4) is 0 Å². The van der Waals surface area contributed by atoms with Gasteiger partial charge in [0.2, 0.25) is 0 Å². The van der Waals surface area contributed by atoms with Gasteiger partial charge in [0, 0.05) is 19.8 Å². The topological polar surface area (TPSA) is 15.6 Å². The first-order valence-corrected chi connectivity index (χ1v) is 5.05. The van der Waals surface area contributed by atoms with E-state index in [4.69, 9.17) is 0 Å². The molecule has 0 unspecified atom stereocenters. The summed E-state index contributed by atoms with van der Waals surface area (Å²) in [7, 11) is 2.03. The van der Waals surface area contributed by atoms with Crippen molar-refractivity contribution < 1.29 is 0 Å². The van der Waals surface area contributed by atoms with E-state index in [1.165, 1.54) is 11.1 Å². The molecule has 0 amide bonds. The molecule has 0 aliphatic heterocycles. The van der Waals surface area contributed by atoms with Crippen LogP contribution in [0.4, 0.5) is 0 Å². The third-order valence-corrected chi connectivity index (χ3v) is 2.37. The largest absolute Gasteiger partial charge is 0.359 e. The van der Waals surface area contributed by atoms with Crippen LogP contribution in [0.2, 0.25) is 0 Å². The summed E-state index contributed by atoms with van der Waals surface area (Å²) in [4.78, 5) is 6.25. The Morgan fingerprint density at radius 1 is 1.40 bits per heavy atom. The highest BCUT2D eigenvalue weighted by Gasteiger charge is 2.00. The van der Waals surface area contributed by atoms with E-state index in [2.05, 4.69) is 47.7 Å². The number of hydrogen-bond donors (Lipinski definition) is 0. The van der Waals surface area contributed by atoms with Gasteiger partial charge in [0.05, 0.1) is 0 Å². The smallest absolute Gasteiger partial charge is 0.101 e. The van der Waals surface area contributed by atoms with E-state index in [-0.39, 0.29) is 0 Å². The van der Waals surface area contributed by atoms with E-state index in [0.717, 1.165) is 12.4 Å². The molecule has 0 heterocycles. The van der Waals surface area contributed by atoms with Gasteiger partial charge in [-0.05, 0) is 19.4 Å². The first-order valence-electron chi connectivity index (χ1n) is 5.05. The van der Waals surface area contributed by atoms with Crippen molar-refractivity contribution in [3.05, 3.63) is 48.2 Å². The highest BCUT2D eigenvalue weighted by atomic mass is 15.1. The Morgan fingerprint density at radius 2 is 2.00 bits per heavy atom. The second kappa shape index (κ2) is 5.35. The van der Waals surface area contributed by atoms with Gasteiger partial charge >= 0.3 is 0 Å². The Kier molecular flexibility index (Phi) is 4.10. The number of rotatable bonds is 3. The summed E-state index contributed by atoms with van der Waals surface area (Å²) in [5.74, 6) is 0.977. The summed E-state index contributed by atoms with van der Waals surface area (Å²) < 4.78 is 0. The van der Waals surface area contributed by atoms with Crippen LogP contribution in [0, 0.1) is 6.92 Å².